The zero-order valence-corrected chi connectivity index (χ0v) is 22.3. The Kier molecular flexibility index (Phi) is 10.6. The average Bonchev–Trinajstić information content (AvgIpc) is 2.93. The summed E-state index contributed by atoms with van der Waals surface area (Å²) in [4.78, 5) is 15.5. The Hall–Kier alpha value is -3.17. The van der Waals surface area contributed by atoms with Crippen molar-refractivity contribution in [3.8, 4) is 0 Å². The van der Waals surface area contributed by atoms with Gasteiger partial charge in [-0.05, 0) is 59.4 Å². The number of hydrogen-bond donors (Lipinski definition) is 3. The van der Waals surface area contributed by atoms with E-state index in [2.05, 4.69) is 34.6 Å². The van der Waals surface area contributed by atoms with E-state index in [1.165, 1.54) is 17.7 Å². The minimum atomic E-state index is -0.994. The Labute approximate surface area is 229 Å². The molecule has 39 heavy (non-hydrogen) atoms. The predicted molar refractivity (Wildman–Crippen MR) is 147 cm³/mol. The van der Waals surface area contributed by atoms with Gasteiger partial charge in [-0.3, -0.25) is 9.69 Å². The van der Waals surface area contributed by atoms with Crippen molar-refractivity contribution in [2.24, 2.45) is 0 Å². The Morgan fingerprint density at radius 3 is 2.38 bits per heavy atom. The second kappa shape index (κ2) is 14.3. The lowest BCUT2D eigenvalue weighted by Gasteiger charge is -2.27. The molecule has 208 valence electrons. The van der Waals surface area contributed by atoms with Gasteiger partial charge in [0, 0.05) is 44.4 Å². The number of aryl methyl sites for hydroxylation is 1. The second-order valence-corrected chi connectivity index (χ2v) is 10.0. The normalized spacial score (nSPS) is 15.6. The topological polar surface area (TPSA) is 73.8 Å². The van der Waals surface area contributed by atoms with Crippen LogP contribution >= 0.6 is 0 Å². The van der Waals surface area contributed by atoms with E-state index in [9.17, 15) is 18.7 Å². The highest BCUT2D eigenvalue weighted by molar-refractivity contribution is 5.94. The molecule has 1 unspecified atom stereocenters. The van der Waals surface area contributed by atoms with Crippen molar-refractivity contribution in [2.75, 3.05) is 32.8 Å². The summed E-state index contributed by atoms with van der Waals surface area (Å²) in [5.41, 5.74) is 4.14. The largest absolute Gasteiger partial charge is 0.390 e. The molecular weight excluding hydrogens is 500 g/mol. The van der Waals surface area contributed by atoms with Crippen LogP contribution in [0.4, 0.5) is 8.78 Å². The number of benzene rings is 3. The Bertz CT molecular complexity index is 1210. The van der Waals surface area contributed by atoms with Gasteiger partial charge in [0.2, 0.25) is 0 Å². The Morgan fingerprint density at radius 1 is 0.949 bits per heavy atom. The minimum absolute atomic E-state index is 0.0715. The maximum Gasteiger partial charge on any atom is 0.251 e. The first-order valence-corrected chi connectivity index (χ1v) is 13.5. The molecule has 0 saturated carbocycles. The van der Waals surface area contributed by atoms with E-state index in [0.29, 0.717) is 37.4 Å². The van der Waals surface area contributed by atoms with Crippen LogP contribution in [0.5, 0.6) is 0 Å². The van der Waals surface area contributed by atoms with Crippen LogP contribution in [0.15, 0.2) is 66.7 Å². The van der Waals surface area contributed by atoms with Crippen LogP contribution in [0.3, 0.4) is 0 Å². The SMILES string of the molecule is CCc1cccc(CNC[C@@H](O)C(Cc2cc(F)cc(F)c2)NC(=O)c2cccc(CN3CCOCC3)c2)c1. The molecule has 1 fully saturated rings. The van der Waals surface area contributed by atoms with E-state index in [1.807, 2.05) is 30.3 Å². The number of nitrogens with zero attached hydrogens (tertiary/aromatic N) is 1. The number of nitrogens with one attached hydrogen (secondary N) is 2. The molecule has 2 atom stereocenters. The van der Waals surface area contributed by atoms with Gasteiger partial charge in [-0.1, -0.05) is 43.3 Å². The van der Waals surface area contributed by atoms with Gasteiger partial charge < -0.3 is 20.5 Å². The lowest BCUT2D eigenvalue weighted by Crippen LogP contribution is -2.48. The number of rotatable bonds is 12. The highest BCUT2D eigenvalue weighted by Gasteiger charge is 2.23. The monoisotopic (exact) mass is 537 g/mol. The molecule has 0 bridgehead atoms. The van der Waals surface area contributed by atoms with Crippen molar-refractivity contribution in [2.45, 2.75) is 45.0 Å². The maximum atomic E-state index is 13.9. The smallest absolute Gasteiger partial charge is 0.251 e. The van der Waals surface area contributed by atoms with E-state index in [1.54, 1.807) is 6.07 Å². The molecule has 1 heterocycles. The maximum absolute atomic E-state index is 13.9. The molecule has 8 heteroatoms. The van der Waals surface area contributed by atoms with Gasteiger partial charge in [-0.2, -0.15) is 0 Å². The van der Waals surface area contributed by atoms with Gasteiger partial charge in [-0.25, -0.2) is 8.78 Å². The number of aliphatic hydroxyl groups excluding tert-OH is 1. The molecule has 3 aromatic rings. The summed E-state index contributed by atoms with van der Waals surface area (Å²) in [6.07, 6.45) is 0.0101. The summed E-state index contributed by atoms with van der Waals surface area (Å²) in [5, 5.41) is 17.2. The summed E-state index contributed by atoms with van der Waals surface area (Å²) >= 11 is 0. The first-order chi connectivity index (χ1) is 18.9. The number of halogens is 2. The van der Waals surface area contributed by atoms with Crippen molar-refractivity contribution < 1.29 is 23.4 Å². The standard InChI is InChI=1S/C31H37F2N3O3/c1-2-22-5-3-6-23(13-22)19-34-20-30(37)29(17-25-15-27(32)18-28(33)16-25)35-31(38)26-8-4-7-24(14-26)21-36-9-11-39-12-10-36/h3-8,13-16,18,29-30,34,37H,2,9-12,17,19-21H2,1H3,(H,35,38)/t29?,30-/m1/s1. The van der Waals surface area contributed by atoms with E-state index in [0.717, 1.165) is 36.7 Å². The lowest BCUT2D eigenvalue weighted by atomic mass is 9.99. The molecule has 3 aromatic carbocycles. The molecule has 6 nitrogen and oxygen atoms in total. The molecule has 3 N–H and O–H groups in total. The van der Waals surface area contributed by atoms with Gasteiger partial charge in [0.25, 0.3) is 5.91 Å². The summed E-state index contributed by atoms with van der Waals surface area (Å²) in [5.74, 6) is -1.75. The molecule has 1 aliphatic rings. The molecule has 0 aromatic heterocycles. The van der Waals surface area contributed by atoms with Gasteiger partial charge in [0.05, 0.1) is 25.4 Å². The molecule has 1 saturated heterocycles. The summed E-state index contributed by atoms with van der Waals surface area (Å²) in [6.45, 7) is 6.60. The zero-order valence-electron chi connectivity index (χ0n) is 22.3. The van der Waals surface area contributed by atoms with Gasteiger partial charge >= 0.3 is 0 Å². The number of carbonyl (C=O) groups excluding carboxylic acids is 1. The Morgan fingerprint density at radius 2 is 1.64 bits per heavy atom. The molecular formula is C31H37F2N3O3. The van der Waals surface area contributed by atoms with E-state index in [4.69, 9.17) is 4.74 Å². The number of morpholine rings is 1. The van der Waals surface area contributed by atoms with Crippen LogP contribution in [-0.4, -0.2) is 60.9 Å². The van der Waals surface area contributed by atoms with Crippen molar-refractivity contribution in [1.29, 1.82) is 0 Å². The van der Waals surface area contributed by atoms with E-state index >= 15 is 0 Å². The van der Waals surface area contributed by atoms with E-state index in [-0.39, 0.29) is 18.9 Å². The van der Waals surface area contributed by atoms with Gasteiger partial charge in [0.1, 0.15) is 11.6 Å². The summed E-state index contributed by atoms with van der Waals surface area (Å²) in [6, 6.07) is 18.1. The third kappa shape index (κ3) is 8.93. The molecule has 0 spiro atoms. The molecule has 0 radical (unpaired) electrons. The number of ether oxygens (including phenoxy) is 1. The van der Waals surface area contributed by atoms with Crippen LogP contribution in [0.25, 0.3) is 0 Å². The molecule has 4 rings (SSSR count). The van der Waals surface area contributed by atoms with Gasteiger partial charge in [0.15, 0.2) is 0 Å². The third-order valence-corrected chi connectivity index (χ3v) is 6.94. The fourth-order valence-electron chi connectivity index (χ4n) is 4.81. The summed E-state index contributed by atoms with van der Waals surface area (Å²) in [7, 11) is 0. The number of aliphatic hydroxyl groups is 1. The number of carbonyl (C=O) groups is 1. The van der Waals surface area contributed by atoms with Crippen molar-refractivity contribution >= 4 is 5.91 Å². The second-order valence-electron chi connectivity index (χ2n) is 10.0. The van der Waals surface area contributed by atoms with Crippen molar-refractivity contribution in [3.63, 3.8) is 0 Å². The zero-order chi connectivity index (χ0) is 27.6. The van der Waals surface area contributed by atoms with Gasteiger partial charge in [-0.15, -0.1) is 0 Å². The minimum Gasteiger partial charge on any atom is -0.390 e. The number of hydrogen-bond acceptors (Lipinski definition) is 5. The van der Waals surface area contributed by atoms with Crippen LogP contribution < -0.4 is 10.6 Å². The van der Waals surface area contributed by atoms with Crippen LogP contribution in [0.2, 0.25) is 0 Å². The van der Waals surface area contributed by atoms with Crippen LogP contribution in [0, 0.1) is 11.6 Å². The number of amides is 1. The average molecular weight is 538 g/mol. The predicted octanol–water partition coefficient (Wildman–Crippen LogP) is 3.85. The first kappa shape index (κ1) is 28.8. The molecule has 1 aliphatic heterocycles. The summed E-state index contributed by atoms with van der Waals surface area (Å²) < 4.78 is 33.2. The van der Waals surface area contributed by atoms with Crippen molar-refractivity contribution in [3.05, 3.63) is 106 Å². The van der Waals surface area contributed by atoms with Crippen LogP contribution in [-0.2, 0) is 30.7 Å². The van der Waals surface area contributed by atoms with Crippen LogP contribution in [0.1, 0.15) is 39.5 Å². The van der Waals surface area contributed by atoms with Crippen molar-refractivity contribution in [1.82, 2.24) is 15.5 Å². The molecule has 0 aliphatic carbocycles. The lowest BCUT2D eigenvalue weighted by molar-refractivity contribution is 0.0342. The Balaban J connectivity index is 1.44. The highest BCUT2D eigenvalue weighted by atomic mass is 19.1. The third-order valence-electron chi connectivity index (χ3n) is 6.94. The fourth-order valence-corrected chi connectivity index (χ4v) is 4.81. The van der Waals surface area contributed by atoms with E-state index < -0.39 is 23.8 Å². The quantitative estimate of drug-likeness (QED) is 0.327. The fraction of sp³-hybridized carbons (Fsp3) is 0.387. The molecule has 1 amide bonds. The highest BCUT2D eigenvalue weighted by Crippen LogP contribution is 2.15. The first-order valence-electron chi connectivity index (χ1n) is 13.5.